The molecule has 1 nitrogen and oxygen atoms in total. The molecule has 0 bridgehead atoms. The minimum Gasteiger partial charge on any atom is -0.206 e. The highest BCUT2D eigenvalue weighted by atomic mass is 35.5. The first-order chi connectivity index (χ1) is 8.10. The largest absolute Gasteiger partial charge is 0.206 e. The fourth-order valence-corrected chi connectivity index (χ4v) is 1.91. The van der Waals surface area contributed by atoms with Crippen LogP contribution in [0.5, 0.6) is 0 Å². The number of aryl methyl sites for hydroxylation is 1. The second-order valence-corrected chi connectivity index (χ2v) is 4.26. The topological polar surface area (TPSA) is 23.8 Å². The van der Waals surface area contributed by atoms with Gasteiger partial charge >= 0.3 is 0 Å². The summed E-state index contributed by atoms with van der Waals surface area (Å²) in [6.07, 6.45) is 0. The average Bonchev–Trinajstić information content (AvgIpc) is 2.31. The molecule has 0 spiro atoms. The van der Waals surface area contributed by atoms with Crippen molar-refractivity contribution in [1.29, 1.82) is 5.26 Å². The second-order valence-electron chi connectivity index (χ2n) is 3.82. The van der Waals surface area contributed by atoms with Gasteiger partial charge in [-0.3, -0.25) is 0 Å². The summed E-state index contributed by atoms with van der Waals surface area (Å²) in [5.41, 5.74) is 2.47. The van der Waals surface area contributed by atoms with Crippen molar-refractivity contribution in [2.75, 3.05) is 0 Å². The monoisotopic (exact) mass is 245 g/mol. The van der Waals surface area contributed by atoms with Crippen LogP contribution in [0.15, 0.2) is 36.4 Å². The molecule has 0 amide bonds. The maximum atomic E-state index is 13.7. The number of nitriles is 1. The molecule has 0 atom stereocenters. The van der Waals surface area contributed by atoms with Crippen LogP contribution in [0.4, 0.5) is 4.39 Å². The lowest BCUT2D eigenvalue weighted by Crippen LogP contribution is -1.87. The average molecular weight is 246 g/mol. The van der Waals surface area contributed by atoms with Crippen LogP contribution in [0.3, 0.4) is 0 Å². The predicted molar refractivity (Wildman–Crippen MR) is 66.3 cm³/mol. The number of halogens is 2. The molecule has 0 aliphatic rings. The molecule has 3 heteroatoms. The first-order valence-electron chi connectivity index (χ1n) is 5.07. The van der Waals surface area contributed by atoms with Crippen LogP contribution in [0.2, 0.25) is 5.02 Å². The van der Waals surface area contributed by atoms with Crippen molar-refractivity contribution < 1.29 is 4.39 Å². The molecule has 0 heterocycles. The number of benzene rings is 2. The van der Waals surface area contributed by atoms with E-state index in [0.29, 0.717) is 21.7 Å². The third kappa shape index (κ3) is 2.46. The Morgan fingerprint density at radius 3 is 2.65 bits per heavy atom. The van der Waals surface area contributed by atoms with Crippen LogP contribution in [0.25, 0.3) is 11.1 Å². The summed E-state index contributed by atoms with van der Waals surface area (Å²) in [6.45, 7) is 1.89. The van der Waals surface area contributed by atoms with Gasteiger partial charge < -0.3 is 0 Å². The van der Waals surface area contributed by atoms with E-state index in [1.807, 2.05) is 13.0 Å². The van der Waals surface area contributed by atoms with Crippen molar-refractivity contribution in [2.45, 2.75) is 6.92 Å². The summed E-state index contributed by atoms with van der Waals surface area (Å²) in [4.78, 5) is 0. The van der Waals surface area contributed by atoms with E-state index in [9.17, 15) is 4.39 Å². The normalized spacial score (nSPS) is 10.0. The lowest BCUT2D eigenvalue weighted by Gasteiger charge is -2.06. The summed E-state index contributed by atoms with van der Waals surface area (Å²) in [7, 11) is 0. The van der Waals surface area contributed by atoms with Crippen molar-refractivity contribution in [3.63, 3.8) is 0 Å². The minimum atomic E-state index is -0.318. The van der Waals surface area contributed by atoms with Crippen LogP contribution in [-0.2, 0) is 0 Å². The molecule has 0 radical (unpaired) electrons. The van der Waals surface area contributed by atoms with E-state index in [4.69, 9.17) is 16.9 Å². The molecule has 2 rings (SSSR count). The van der Waals surface area contributed by atoms with E-state index in [-0.39, 0.29) is 5.82 Å². The van der Waals surface area contributed by atoms with Gasteiger partial charge in [0.1, 0.15) is 5.82 Å². The second kappa shape index (κ2) is 4.57. The van der Waals surface area contributed by atoms with Gasteiger partial charge in [0, 0.05) is 10.6 Å². The Morgan fingerprint density at radius 1 is 1.18 bits per heavy atom. The first-order valence-corrected chi connectivity index (χ1v) is 5.45. The van der Waals surface area contributed by atoms with Crippen molar-refractivity contribution in [3.8, 4) is 17.2 Å². The molecule has 0 fully saturated rings. The fourth-order valence-electron chi connectivity index (χ4n) is 1.67. The van der Waals surface area contributed by atoms with Crippen LogP contribution in [0.1, 0.15) is 11.1 Å². The lowest BCUT2D eigenvalue weighted by molar-refractivity contribution is 0.631. The van der Waals surface area contributed by atoms with Crippen molar-refractivity contribution in [2.24, 2.45) is 0 Å². The number of hydrogen-bond acceptors (Lipinski definition) is 1. The number of nitrogens with zero attached hydrogens (tertiary/aromatic N) is 1. The van der Waals surface area contributed by atoms with E-state index in [2.05, 4.69) is 0 Å². The quantitative estimate of drug-likeness (QED) is 0.734. The van der Waals surface area contributed by atoms with Gasteiger partial charge in [-0.1, -0.05) is 23.2 Å². The Bertz CT molecular complexity index is 614. The summed E-state index contributed by atoms with van der Waals surface area (Å²) < 4.78 is 13.7. The highest BCUT2D eigenvalue weighted by Crippen LogP contribution is 2.27. The Labute approximate surface area is 104 Å². The third-order valence-corrected chi connectivity index (χ3v) is 2.68. The van der Waals surface area contributed by atoms with E-state index in [1.54, 1.807) is 30.3 Å². The van der Waals surface area contributed by atoms with Crippen molar-refractivity contribution in [3.05, 3.63) is 58.4 Å². The van der Waals surface area contributed by atoms with Gasteiger partial charge in [-0.2, -0.15) is 5.26 Å². The smallest absolute Gasteiger partial charge is 0.131 e. The number of hydrogen-bond donors (Lipinski definition) is 0. The summed E-state index contributed by atoms with van der Waals surface area (Å²) in [6, 6.07) is 11.7. The van der Waals surface area contributed by atoms with Crippen LogP contribution < -0.4 is 0 Å². The maximum Gasteiger partial charge on any atom is 0.131 e. The number of rotatable bonds is 1. The molecule has 0 unspecified atom stereocenters. The molecule has 0 saturated heterocycles. The fraction of sp³-hybridized carbons (Fsp3) is 0.0714. The van der Waals surface area contributed by atoms with Crippen LogP contribution >= 0.6 is 11.6 Å². The Kier molecular flexibility index (Phi) is 3.12. The molecule has 84 valence electrons. The molecule has 17 heavy (non-hydrogen) atoms. The Hall–Kier alpha value is -1.85. The molecule has 0 N–H and O–H groups in total. The lowest BCUT2D eigenvalue weighted by atomic mass is 10.0. The molecule has 2 aromatic carbocycles. The summed E-state index contributed by atoms with van der Waals surface area (Å²) >= 11 is 5.90. The molecule has 0 aromatic heterocycles. The van der Waals surface area contributed by atoms with Gasteiger partial charge in [-0.05, 0) is 42.8 Å². The minimum absolute atomic E-state index is 0.318. The molecular weight excluding hydrogens is 237 g/mol. The zero-order chi connectivity index (χ0) is 12.4. The van der Waals surface area contributed by atoms with E-state index in [0.717, 1.165) is 5.56 Å². The van der Waals surface area contributed by atoms with Gasteiger partial charge in [0.05, 0.1) is 11.6 Å². The van der Waals surface area contributed by atoms with Crippen LogP contribution in [0, 0.1) is 24.1 Å². The molecule has 2 aromatic rings. The van der Waals surface area contributed by atoms with E-state index >= 15 is 0 Å². The highest BCUT2D eigenvalue weighted by molar-refractivity contribution is 6.31. The zero-order valence-corrected chi connectivity index (χ0v) is 9.92. The van der Waals surface area contributed by atoms with Gasteiger partial charge in [-0.15, -0.1) is 0 Å². The van der Waals surface area contributed by atoms with Gasteiger partial charge in [-0.25, -0.2) is 4.39 Å². The third-order valence-electron chi connectivity index (χ3n) is 2.46. The molecule has 0 aliphatic carbocycles. The Morgan fingerprint density at radius 2 is 1.94 bits per heavy atom. The van der Waals surface area contributed by atoms with Gasteiger partial charge in [0.25, 0.3) is 0 Å². The van der Waals surface area contributed by atoms with Crippen molar-refractivity contribution in [1.82, 2.24) is 0 Å². The molecule has 0 saturated carbocycles. The predicted octanol–water partition coefficient (Wildman–Crippen LogP) is 4.33. The maximum absolute atomic E-state index is 13.7. The summed E-state index contributed by atoms with van der Waals surface area (Å²) in [5, 5.41) is 9.29. The molecular formula is C14H9ClFN. The Balaban J connectivity index is 2.64. The van der Waals surface area contributed by atoms with Gasteiger partial charge in [0.15, 0.2) is 0 Å². The summed E-state index contributed by atoms with van der Waals surface area (Å²) in [5.74, 6) is -0.318. The van der Waals surface area contributed by atoms with Gasteiger partial charge in [0.2, 0.25) is 0 Å². The van der Waals surface area contributed by atoms with Crippen LogP contribution in [-0.4, -0.2) is 0 Å². The SMILES string of the molecule is Cc1ccc(F)c(-c2cc(Cl)cc(C#N)c2)c1. The molecule has 0 aliphatic heterocycles. The standard InChI is InChI=1S/C14H9ClFN/c1-9-2-3-14(16)13(4-9)11-5-10(8-17)6-12(15)7-11/h2-7H,1H3. The van der Waals surface area contributed by atoms with E-state index < -0.39 is 0 Å². The first kappa shape index (κ1) is 11.6. The highest BCUT2D eigenvalue weighted by Gasteiger charge is 2.07. The van der Waals surface area contributed by atoms with Crippen molar-refractivity contribution >= 4 is 11.6 Å². The zero-order valence-electron chi connectivity index (χ0n) is 9.17. The van der Waals surface area contributed by atoms with E-state index in [1.165, 1.54) is 6.07 Å².